The molecule has 0 radical (unpaired) electrons. The fourth-order valence-corrected chi connectivity index (χ4v) is 8.58. The van der Waals surface area contributed by atoms with E-state index in [0.717, 1.165) is 34.4 Å². The molecule has 3 rings (SSSR count). The summed E-state index contributed by atoms with van der Waals surface area (Å²) in [6.45, 7) is 8.79. The third-order valence-corrected chi connectivity index (χ3v) is 13.2. The lowest BCUT2D eigenvalue weighted by Crippen LogP contribution is -2.62. The number of benzene rings is 2. The van der Waals surface area contributed by atoms with Crippen LogP contribution in [0.3, 0.4) is 0 Å². The van der Waals surface area contributed by atoms with Crippen molar-refractivity contribution in [2.24, 2.45) is 39.8 Å². The quantitative estimate of drug-likeness (QED) is 0.0151. The second kappa shape index (κ2) is 34.2. The SMILES string of the molecule is CCC(C)[C@H](NC(=O)CN(CCN)C(=O)CNC(=O)[C@@H](NC(=O)[C@@H](NC(=O)[C@H](Cc1cnc[nH]1)NC(=O)[C@H](Cc1cccc2ccccc12)NC(=O)[C@H](C)NC(=O)[C@@H](N)CCCN=C(N)N)[C@@H](C)O)[C@@H](C)O)C(=O)N(CC(=O)O)CC(C)C. The molecule has 9 amide bonds. The lowest BCUT2D eigenvalue weighted by atomic mass is 9.97. The number of hydrogen-bond donors (Lipinski definition) is 15. The molecule has 0 aliphatic heterocycles. The van der Waals surface area contributed by atoms with Gasteiger partial charge in [-0.3, -0.25) is 52.9 Å². The van der Waals surface area contributed by atoms with Gasteiger partial charge in [0.25, 0.3) is 0 Å². The third kappa shape index (κ3) is 22.9. The van der Waals surface area contributed by atoms with Crippen LogP contribution in [0, 0.1) is 11.8 Å². The molecule has 0 aliphatic carbocycles. The molecule has 1 aromatic heterocycles. The summed E-state index contributed by atoms with van der Waals surface area (Å²) < 4.78 is 0. The van der Waals surface area contributed by atoms with Gasteiger partial charge in [-0.2, -0.15) is 0 Å². The van der Waals surface area contributed by atoms with Crippen LogP contribution < -0.4 is 60.2 Å². The fraction of sp³-hybridized carbons (Fsp3) is 0.556. The van der Waals surface area contributed by atoms with Crippen LogP contribution in [0.25, 0.3) is 10.8 Å². The van der Waals surface area contributed by atoms with Gasteiger partial charge in [0.2, 0.25) is 53.2 Å². The van der Waals surface area contributed by atoms with Gasteiger partial charge in [0.15, 0.2) is 5.96 Å². The molecule has 1 heterocycles. The minimum atomic E-state index is -1.85. The average Bonchev–Trinajstić information content (AvgIpc) is 3.99. The number of nitrogens with one attached hydrogen (secondary N) is 8. The summed E-state index contributed by atoms with van der Waals surface area (Å²) in [5.41, 5.74) is 23.5. The molecule has 0 aliphatic rings. The molecule has 2 aromatic carbocycles. The van der Waals surface area contributed by atoms with Crippen LogP contribution in [0.2, 0.25) is 0 Å². The van der Waals surface area contributed by atoms with Crippen LogP contribution in [-0.2, 0) is 60.8 Å². The predicted octanol–water partition coefficient (Wildman–Crippen LogP) is -4.06. The molecule has 29 nitrogen and oxygen atoms in total. The summed E-state index contributed by atoms with van der Waals surface area (Å²) in [5.74, 6) is -9.75. The molecule has 10 atom stereocenters. The number of aromatic nitrogens is 2. The number of imidazole rings is 1. The summed E-state index contributed by atoms with van der Waals surface area (Å²) in [5, 5.41) is 50.2. The van der Waals surface area contributed by atoms with Crippen LogP contribution in [0.15, 0.2) is 60.0 Å². The fourth-order valence-electron chi connectivity index (χ4n) is 8.58. The average molecular weight is 1170 g/mol. The van der Waals surface area contributed by atoms with E-state index in [1.165, 1.54) is 19.4 Å². The Labute approximate surface area is 481 Å². The van der Waals surface area contributed by atoms with E-state index in [1.807, 2.05) is 24.3 Å². The molecular formula is C54H84N16O13. The van der Waals surface area contributed by atoms with Crippen molar-refractivity contribution in [3.05, 3.63) is 66.2 Å². The smallest absolute Gasteiger partial charge is 0.323 e. The number of fused-ring (bicyclic) bond motifs is 1. The number of aliphatic hydroxyl groups excluding tert-OH is 2. The van der Waals surface area contributed by atoms with Crippen molar-refractivity contribution in [2.45, 2.75) is 135 Å². The molecule has 0 saturated heterocycles. The molecule has 0 saturated carbocycles. The number of carbonyl (C=O) groups excluding carboxylic acids is 9. The van der Waals surface area contributed by atoms with Gasteiger partial charge in [-0.1, -0.05) is 76.6 Å². The van der Waals surface area contributed by atoms with Crippen molar-refractivity contribution >= 4 is 75.9 Å². The maximum atomic E-state index is 14.5. The van der Waals surface area contributed by atoms with E-state index in [1.54, 1.807) is 45.9 Å². The number of hydrogen-bond acceptors (Lipinski definition) is 16. The zero-order chi connectivity index (χ0) is 62.1. The van der Waals surface area contributed by atoms with Gasteiger partial charge < -0.3 is 90.3 Å². The first kappa shape index (κ1) is 69.0. The molecule has 458 valence electrons. The molecular weight excluding hydrogens is 1080 g/mol. The topological polar surface area (TPSA) is 467 Å². The predicted molar refractivity (Wildman–Crippen MR) is 306 cm³/mol. The molecule has 0 bridgehead atoms. The first-order valence-electron chi connectivity index (χ1n) is 27.4. The lowest BCUT2D eigenvalue weighted by Gasteiger charge is -2.31. The van der Waals surface area contributed by atoms with Gasteiger partial charge in [0.05, 0.1) is 37.7 Å². The highest BCUT2D eigenvalue weighted by Crippen LogP contribution is 2.21. The molecule has 83 heavy (non-hydrogen) atoms. The monoisotopic (exact) mass is 1160 g/mol. The van der Waals surface area contributed by atoms with E-state index < -0.39 is 139 Å². The zero-order valence-electron chi connectivity index (χ0n) is 48.1. The van der Waals surface area contributed by atoms with Crippen LogP contribution in [0.1, 0.15) is 79.0 Å². The molecule has 0 spiro atoms. The van der Waals surface area contributed by atoms with Gasteiger partial charge in [-0.05, 0) is 61.8 Å². The third-order valence-electron chi connectivity index (χ3n) is 13.2. The number of carboxylic acids is 1. The van der Waals surface area contributed by atoms with Gasteiger partial charge in [0.1, 0.15) is 42.8 Å². The highest BCUT2D eigenvalue weighted by atomic mass is 16.4. The van der Waals surface area contributed by atoms with Gasteiger partial charge in [-0.25, -0.2) is 4.98 Å². The molecule has 3 aromatic rings. The van der Waals surface area contributed by atoms with Crippen LogP contribution in [-0.4, -0.2) is 200 Å². The van der Waals surface area contributed by atoms with Crippen LogP contribution in [0.4, 0.5) is 0 Å². The normalized spacial score (nSPS) is 14.8. The number of amides is 9. The number of nitrogens with zero attached hydrogens (tertiary/aromatic N) is 4. The van der Waals surface area contributed by atoms with E-state index in [4.69, 9.17) is 22.9 Å². The minimum Gasteiger partial charge on any atom is -0.480 e. The van der Waals surface area contributed by atoms with Crippen molar-refractivity contribution in [1.82, 2.24) is 57.0 Å². The standard InChI is InChI=1S/C54H84N16O13/c1-8-30(4)44(53(83)70(25-29(2)3)27-43(75)76)66-41(73)26-69(20-18-55)42(74)24-61-51(81)45(32(6)71)68-52(82)46(33(7)72)67-50(80)40(22-36-23-59-28-62-36)65-49(79)39(21-35-15-11-14-34-13-9-10-16-37(34)35)64-47(77)31(5)63-48(78)38(56)17-12-19-60-54(57)58/h9-11,13-16,23,28-33,38-40,44-46,71-72H,8,12,17-22,24-27,55-56H2,1-7H3,(H,59,62)(H,61,81)(H,63,78)(H,64,77)(H,65,79)(H,66,73)(H,67,80)(H,68,82)(H,75,76)(H4,57,58,60)/t30?,31-,32+,33+,38-,39-,40-,44-,45-,46-/m0/s1. The summed E-state index contributed by atoms with van der Waals surface area (Å²) in [6.07, 6.45) is -0.0432. The Kier molecular flexibility index (Phi) is 28.5. The number of guanidine groups is 1. The first-order valence-corrected chi connectivity index (χ1v) is 27.4. The maximum Gasteiger partial charge on any atom is 0.323 e. The maximum absolute atomic E-state index is 14.5. The van der Waals surface area contributed by atoms with Gasteiger partial charge in [0, 0.05) is 50.9 Å². The molecule has 1 unspecified atom stereocenters. The van der Waals surface area contributed by atoms with E-state index in [0.29, 0.717) is 24.1 Å². The summed E-state index contributed by atoms with van der Waals surface area (Å²) >= 11 is 0. The van der Waals surface area contributed by atoms with E-state index in [9.17, 15) is 63.3 Å². The second-order valence-electron chi connectivity index (χ2n) is 20.7. The number of rotatable bonds is 35. The summed E-state index contributed by atoms with van der Waals surface area (Å²) in [7, 11) is 0. The first-order chi connectivity index (χ1) is 39.2. The number of aromatic amines is 1. The molecule has 19 N–H and O–H groups in total. The number of carboxylic acid groups (broad SMARTS) is 1. The number of aliphatic hydroxyl groups is 2. The number of nitrogens with two attached hydrogens (primary N) is 4. The minimum absolute atomic E-state index is 0.0934. The number of carbonyl (C=O) groups is 10. The highest BCUT2D eigenvalue weighted by molar-refractivity contribution is 5.98. The van der Waals surface area contributed by atoms with E-state index in [-0.39, 0.29) is 57.3 Å². The van der Waals surface area contributed by atoms with Gasteiger partial charge in [-0.15, -0.1) is 0 Å². The van der Waals surface area contributed by atoms with E-state index in [2.05, 4.69) is 52.2 Å². The van der Waals surface area contributed by atoms with Crippen LogP contribution >= 0.6 is 0 Å². The van der Waals surface area contributed by atoms with Crippen molar-refractivity contribution in [3.63, 3.8) is 0 Å². The Bertz CT molecular complexity index is 2700. The van der Waals surface area contributed by atoms with Crippen LogP contribution in [0.5, 0.6) is 0 Å². The summed E-state index contributed by atoms with van der Waals surface area (Å²) in [4.78, 5) is 148. The highest BCUT2D eigenvalue weighted by Gasteiger charge is 2.37. The Hall–Kier alpha value is -8.28. The van der Waals surface area contributed by atoms with Crippen molar-refractivity contribution in [1.29, 1.82) is 0 Å². The Morgan fingerprint density at radius 2 is 1.33 bits per heavy atom. The van der Waals surface area contributed by atoms with E-state index >= 15 is 0 Å². The number of H-pyrrole nitrogens is 1. The van der Waals surface area contributed by atoms with Crippen molar-refractivity contribution in [3.8, 4) is 0 Å². The largest absolute Gasteiger partial charge is 0.480 e. The lowest BCUT2D eigenvalue weighted by molar-refractivity contribution is -0.147. The molecule has 0 fully saturated rings. The zero-order valence-corrected chi connectivity index (χ0v) is 48.1. The second-order valence-corrected chi connectivity index (χ2v) is 20.7. The Balaban J connectivity index is 1.82. The number of aliphatic imine (C=N–C) groups is 1. The number of aliphatic carboxylic acids is 1. The Morgan fingerprint density at radius 3 is 1.93 bits per heavy atom. The Morgan fingerprint density at radius 1 is 0.711 bits per heavy atom. The van der Waals surface area contributed by atoms with Crippen molar-refractivity contribution in [2.75, 3.05) is 45.8 Å². The summed E-state index contributed by atoms with van der Waals surface area (Å²) in [6, 6.07) is 2.70. The molecule has 29 heteroatoms. The van der Waals surface area contributed by atoms with Crippen molar-refractivity contribution < 1.29 is 63.3 Å². The van der Waals surface area contributed by atoms with Gasteiger partial charge >= 0.3 is 5.97 Å².